The highest BCUT2D eigenvalue weighted by Crippen LogP contribution is 2.30. The van der Waals surface area contributed by atoms with Crippen molar-refractivity contribution in [2.75, 3.05) is 26.2 Å². The summed E-state index contributed by atoms with van der Waals surface area (Å²) in [7, 11) is 0. The minimum Gasteiger partial charge on any atom is -0.336 e. The second kappa shape index (κ2) is 8.76. The van der Waals surface area contributed by atoms with E-state index < -0.39 is 0 Å². The predicted molar refractivity (Wildman–Crippen MR) is 114 cm³/mol. The lowest BCUT2D eigenvalue weighted by atomic mass is 9.96. The van der Waals surface area contributed by atoms with Gasteiger partial charge in [-0.3, -0.25) is 9.69 Å². The first-order chi connectivity index (χ1) is 14.1. The van der Waals surface area contributed by atoms with E-state index in [4.69, 9.17) is 11.6 Å². The van der Waals surface area contributed by atoms with Crippen molar-refractivity contribution in [2.24, 2.45) is 0 Å². The Morgan fingerprint density at radius 2 is 1.38 bits per heavy atom. The lowest BCUT2D eigenvalue weighted by Crippen LogP contribution is -2.49. The molecule has 3 aromatic rings. The largest absolute Gasteiger partial charge is 0.336 e. The molecule has 0 saturated carbocycles. The highest BCUT2D eigenvalue weighted by Gasteiger charge is 2.28. The fourth-order valence-electron chi connectivity index (χ4n) is 3.85. The van der Waals surface area contributed by atoms with Gasteiger partial charge in [-0.25, -0.2) is 4.39 Å². The molecule has 3 aromatic carbocycles. The molecule has 148 valence electrons. The lowest BCUT2D eigenvalue weighted by Gasteiger charge is -2.39. The van der Waals surface area contributed by atoms with Crippen molar-refractivity contribution >= 4 is 17.5 Å². The fraction of sp³-hybridized carbons (Fsp3) is 0.208. The van der Waals surface area contributed by atoms with Crippen LogP contribution in [-0.2, 0) is 0 Å². The zero-order valence-corrected chi connectivity index (χ0v) is 16.7. The van der Waals surface area contributed by atoms with Gasteiger partial charge in [-0.05, 0) is 47.5 Å². The molecule has 5 heteroatoms. The molecule has 0 unspecified atom stereocenters. The maximum Gasteiger partial charge on any atom is 0.253 e. The second-order valence-electron chi connectivity index (χ2n) is 7.20. The Kier molecular flexibility index (Phi) is 5.93. The third-order valence-corrected chi connectivity index (χ3v) is 5.61. The molecule has 0 spiro atoms. The minimum atomic E-state index is -0.237. The monoisotopic (exact) mass is 408 g/mol. The number of hydrogen-bond acceptors (Lipinski definition) is 2. The Morgan fingerprint density at radius 1 is 0.793 bits per heavy atom. The molecule has 3 nitrogen and oxygen atoms in total. The molecule has 1 saturated heterocycles. The quantitative estimate of drug-likeness (QED) is 0.604. The van der Waals surface area contributed by atoms with Crippen LogP contribution < -0.4 is 0 Å². The number of benzene rings is 3. The summed E-state index contributed by atoms with van der Waals surface area (Å²) >= 11 is 5.93. The molecule has 1 aliphatic rings. The van der Waals surface area contributed by atoms with Crippen LogP contribution in [0.15, 0.2) is 78.9 Å². The summed E-state index contributed by atoms with van der Waals surface area (Å²) < 4.78 is 13.5. The molecule has 0 N–H and O–H groups in total. The lowest BCUT2D eigenvalue weighted by molar-refractivity contribution is 0.0597. The van der Waals surface area contributed by atoms with E-state index in [9.17, 15) is 9.18 Å². The number of carbonyl (C=O) groups excluding carboxylic acids is 1. The molecular weight excluding hydrogens is 387 g/mol. The predicted octanol–water partition coefficient (Wildman–Crippen LogP) is 5.03. The third kappa shape index (κ3) is 4.50. The molecule has 0 aliphatic carbocycles. The zero-order valence-electron chi connectivity index (χ0n) is 16.0. The molecule has 0 radical (unpaired) electrons. The number of piperazine rings is 1. The van der Waals surface area contributed by atoms with Crippen LogP contribution in [-0.4, -0.2) is 41.9 Å². The van der Waals surface area contributed by atoms with Crippen LogP contribution in [0.3, 0.4) is 0 Å². The van der Waals surface area contributed by atoms with E-state index in [1.807, 2.05) is 35.2 Å². The van der Waals surface area contributed by atoms with Gasteiger partial charge in [-0.2, -0.15) is 0 Å². The zero-order chi connectivity index (χ0) is 20.2. The van der Waals surface area contributed by atoms with Crippen molar-refractivity contribution in [1.29, 1.82) is 0 Å². The van der Waals surface area contributed by atoms with Crippen molar-refractivity contribution in [3.05, 3.63) is 106 Å². The molecule has 1 atom stereocenters. The standard InChI is InChI=1S/C24H22ClFN2O/c25-21-10-6-20(7-11-21)24(29)28-16-14-27(15-17-28)23(18-4-2-1-3-5-18)19-8-12-22(26)13-9-19/h1-13,23H,14-17H2/t23-/m1/s1. The Labute approximate surface area is 175 Å². The summed E-state index contributed by atoms with van der Waals surface area (Å²) in [6, 6.07) is 24.0. The number of rotatable bonds is 4. The minimum absolute atomic E-state index is 0.0272. The Bertz CT molecular complexity index is 952. The smallest absolute Gasteiger partial charge is 0.253 e. The number of hydrogen-bond donors (Lipinski definition) is 0. The van der Waals surface area contributed by atoms with Crippen LogP contribution in [0.25, 0.3) is 0 Å². The Morgan fingerprint density at radius 3 is 2.00 bits per heavy atom. The van der Waals surface area contributed by atoms with Gasteiger partial charge in [-0.1, -0.05) is 54.1 Å². The van der Waals surface area contributed by atoms with Gasteiger partial charge in [0.15, 0.2) is 0 Å². The summed E-state index contributed by atoms with van der Waals surface area (Å²) in [6.07, 6.45) is 0. The number of amides is 1. The first-order valence-corrected chi connectivity index (χ1v) is 10.1. The molecule has 0 bridgehead atoms. The van der Waals surface area contributed by atoms with Crippen molar-refractivity contribution < 1.29 is 9.18 Å². The van der Waals surface area contributed by atoms with Crippen LogP contribution in [0.4, 0.5) is 4.39 Å². The van der Waals surface area contributed by atoms with Crippen LogP contribution in [0, 0.1) is 5.82 Å². The summed E-state index contributed by atoms with van der Waals surface area (Å²) in [5.74, 6) is -0.210. The van der Waals surface area contributed by atoms with Crippen LogP contribution in [0.1, 0.15) is 27.5 Å². The van der Waals surface area contributed by atoms with Crippen LogP contribution >= 0.6 is 11.6 Å². The van der Waals surface area contributed by atoms with Gasteiger partial charge >= 0.3 is 0 Å². The third-order valence-electron chi connectivity index (χ3n) is 5.36. The molecule has 1 amide bonds. The van der Waals surface area contributed by atoms with Gasteiger partial charge in [-0.15, -0.1) is 0 Å². The molecule has 1 fully saturated rings. The van der Waals surface area contributed by atoms with Gasteiger partial charge < -0.3 is 4.90 Å². The molecule has 0 aromatic heterocycles. The summed E-state index contributed by atoms with van der Waals surface area (Å²) in [4.78, 5) is 17.0. The topological polar surface area (TPSA) is 23.6 Å². The Hall–Kier alpha value is -2.69. The van der Waals surface area contributed by atoms with Crippen molar-refractivity contribution in [3.8, 4) is 0 Å². The Balaban J connectivity index is 1.51. The van der Waals surface area contributed by atoms with E-state index in [1.165, 1.54) is 12.1 Å². The molecule has 1 aliphatic heterocycles. The molecule has 29 heavy (non-hydrogen) atoms. The van der Waals surface area contributed by atoms with E-state index in [1.54, 1.807) is 24.3 Å². The summed E-state index contributed by atoms with van der Waals surface area (Å²) in [5.41, 5.74) is 2.87. The average molecular weight is 409 g/mol. The molecular formula is C24H22ClFN2O. The van der Waals surface area contributed by atoms with E-state index in [2.05, 4.69) is 17.0 Å². The number of carbonyl (C=O) groups is 1. The van der Waals surface area contributed by atoms with Crippen molar-refractivity contribution in [2.45, 2.75) is 6.04 Å². The van der Waals surface area contributed by atoms with E-state index in [0.717, 1.165) is 24.2 Å². The SMILES string of the molecule is O=C(c1ccc(Cl)cc1)N1CCN([C@H](c2ccccc2)c2ccc(F)cc2)CC1. The van der Waals surface area contributed by atoms with Gasteiger partial charge in [0, 0.05) is 36.8 Å². The van der Waals surface area contributed by atoms with Gasteiger partial charge in [0.05, 0.1) is 6.04 Å². The van der Waals surface area contributed by atoms with Gasteiger partial charge in [0.2, 0.25) is 0 Å². The van der Waals surface area contributed by atoms with Crippen LogP contribution in [0.2, 0.25) is 5.02 Å². The first-order valence-electron chi connectivity index (χ1n) is 9.71. The molecule has 4 rings (SSSR count). The summed E-state index contributed by atoms with van der Waals surface area (Å²) in [6.45, 7) is 2.78. The number of halogens is 2. The fourth-order valence-corrected chi connectivity index (χ4v) is 3.98. The van der Waals surface area contributed by atoms with Crippen molar-refractivity contribution in [3.63, 3.8) is 0 Å². The van der Waals surface area contributed by atoms with E-state index in [-0.39, 0.29) is 17.8 Å². The summed E-state index contributed by atoms with van der Waals surface area (Å²) in [5, 5.41) is 0.622. The van der Waals surface area contributed by atoms with E-state index in [0.29, 0.717) is 23.7 Å². The maximum absolute atomic E-state index is 13.5. The number of nitrogens with zero attached hydrogens (tertiary/aromatic N) is 2. The normalized spacial score (nSPS) is 15.9. The second-order valence-corrected chi connectivity index (χ2v) is 7.64. The van der Waals surface area contributed by atoms with E-state index >= 15 is 0 Å². The van der Waals surface area contributed by atoms with Gasteiger partial charge in [0.1, 0.15) is 5.82 Å². The highest BCUT2D eigenvalue weighted by atomic mass is 35.5. The van der Waals surface area contributed by atoms with Gasteiger partial charge in [0.25, 0.3) is 5.91 Å². The molecule has 1 heterocycles. The average Bonchev–Trinajstić information content (AvgIpc) is 2.77. The highest BCUT2D eigenvalue weighted by molar-refractivity contribution is 6.30. The van der Waals surface area contributed by atoms with Crippen LogP contribution in [0.5, 0.6) is 0 Å². The first kappa shape index (κ1) is 19.6. The van der Waals surface area contributed by atoms with Crippen molar-refractivity contribution in [1.82, 2.24) is 9.80 Å². The maximum atomic E-state index is 13.5.